The largest absolute Gasteiger partial charge is 0.313 e. The first-order valence-corrected chi connectivity index (χ1v) is 7.18. The molecule has 0 aliphatic carbocycles. The highest BCUT2D eigenvalue weighted by Crippen LogP contribution is 2.10. The molecule has 1 aliphatic heterocycles. The average Bonchev–Trinajstić information content (AvgIpc) is 2.90. The van der Waals surface area contributed by atoms with Crippen LogP contribution in [0.25, 0.3) is 0 Å². The summed E-state index contributed by atoms with van der Waals surface area (Å²) < 4.78 is 26.5. The van der Waals surface area contributed by atoms with Crippen LogP contribution in [-0.2, 0) is 10.0 Å². The van der Waals surface area contributed by atoms with Crippen molar-refractivity contribution in [1.29, 1.82) is 5.26 Å². The van der Waals surface area contributed by atoms with Crippen molar-refractivity contribution in [2.45, 2.75) is 23.8 Å². The van der Waals surface area contributed by atoms with Crippen molar-refractivity contribution < 1.29 is 8.42 Å². The van der Waals surface area contributed by atoms with Crippen LogP contribution in [0.3, 0.4) is 0 Å². The van der Waals surface area contributed by atoms with Crippen LogP contribution >= 0.6 is 12.4 Å². The van der Waals surface area contributed by atoms with E-state index in [1.165, 1.54) is 18.5 Å². The average molecular weight is 303 g/mol. The molecule has 1 fully saturated rings. The van der Waals surface area contributed by atoms with Crippen molar-refractivity contribution in [2.75, 3.05) is 13.1 Å². The first kappa shape index (κ1) is 15.9. The second-order valence-electron chi connectivity index (χ2n) is 4.17. The number of halogens is 1. The molecule has 104 valence electrons. The summed E-state index contributed by atoms with van der Waals surface area (Å²) in [7, 11) is -3.58. The Morgan fingerprint density at radius 2 is 2.32 bits per heavy atom. The molecular weight excluding hydrogens is 288 g/mol. The lowest BCUT2D eigenvalue weighted by Gasteiger charge is -2.11. The van der Waals surface area contributed by atoms with Gasteiger partial charge in [0.1, 0.15) is 11.0 Å². The molecule has 0 saturated carbocycles. The van der Waals surface area contributed by atoms with Gasteiger partial charge in [0, 0.05) is 25.0 Å². The lowest BCUT2D eigenvalue weighted by atomic mass is 10.2. The van der Waals surface area contributed by atoms with Gasteiger partial charge in [0.05, 0.1) is 5.56 Å². The first-order valence-electron chi connectivity index (χ1n) is 5.70. The van der Waals surface area contributed by atoms with Gasteiger partial charge in [-0.25, -0.2) is 13.1 Å². The Morgan fingerprint density at radius 3 is 2.95 bits per heavy atom. The highest BCUT2D eigenvalue weighted by Gasteiger charge is 2.19. The number of nitrogens with one attached hydrogen (secondary N) is 2. The fourth-order valence-electron chi connectivity index (χ4n) is 1.85. The predicted molar refractivity (Wildman–Crippen MR) is 72.4 cm³/mol. The quantitative estimate of drug-likeness (QED) is 0.840. The first-order chi connectivity index (χ1) is 8.62. The second kappa shape index (κ2) is 6.82. The molecule has 2 rings (SSSR count). The minimum Gasteiger partial charge on any atom is -0.313 e. The Morgan fingerprint density at radius 1 is 1.53 bits per heavy atom. The van der Waals surface area contributed by atoms with Gasteiger partial charge in [-0.2, -0.15) is 5.26 Å². The summed E-state index contributed by atoms with van der Waals surface area (Å²) in [5.41, 5.74) is 0.233. The molecule has 0 aromatic carbocycles. The number of hydrogen-bond donors (Lipinski definition) is 2. The van der Waals surface area contributed by atoms with E-state index in [2.05, 4.69) is 15.0 Å². The van der Waals surface area contributed by atoms with Gasteiger partial charge in [0.15, 0.2) is 0 Å². The zero-order valence-corrected chi connectivity index (χ0v) is 11.8. The van der Waals surface area contributed by atoms with Crippen LogP contribution < -0.4 is 10.0 Å². The van der Waals surface area contributed by atoms with Crippen molar-refractivity contribution in [2.24, 2.45) is 0 Å². The highest BCUT2D eigenvalue weighted by atomic mass is 35.5. The molecule has 19 heavy (non-hydrogen) atoms. The number of hydrogen-bond acceptors (Lipinski definition) is 5. The summed E-state index contributed by atoms with van der Waals surface area (Å²) in [5, 5.41) is 11.9. The standard InChI is InChI=1S/C11H14N4O2S.ClH/c12-5-9-4-11(8-13-6-9)18(16,17)15-7-10-2-1-3-14-10;/h4,6,8,10,14-15H,1-3,7H2;1H. The summed E-state index contributed by atoms with van der Waals surface area (Å²) in [6.07, 6.45) is 4.61. The molecule has 0 spiro atoms. The Kier molecular flexibility index (Phi) is 5.69. The van der Waals surface area contributed by atoms with E-state index < -0.39 is 10.0 Å². The third kappa shape index (κ3) is 4.14. The van der Waals surface area contributed by atoms with Gasteiger partial charge in [0.2, 0.25) is 10.0 Å². The van der Waals surface area contributed by atoms with Crippen LogP contribution in [0.5, 0.6) is 0 Å². The smallest absolute Gasteiger partial charge is 0.242 e. The van der Waals surface area contributed by atoms with Gasteiger partial charge in [0.25, 0.3) is 0 Å². The van der Waals surface area contributed by atoms with Crippen LogP contribution in [0.15, 0.2) is 23.4 Å². The Bertz CT molecular complexity index is 564. The summed E-state index contributed by atoms with van der Waals surface area (Å²) in [4.78, 5) is 3.77. The maximum absolute atomic E-state index is 12.0. The van der Waals surface area contributed by atoms with E-state index >= 15 is 0 Å². The maximum Gasteiger partial charge on any atom is 0.242 e. The number of rotatable bonds is 4. The minimum absolute atomic E-state index is 0. The lowest BCUT2D eigenvalue weighted by Crippen LogP contribution is -2.37. The Labute approximate surface area is 118 Å². The molecule has 0 radical (unpaired) electrons. The molecule has 0 bridgehead atoms. The van der Waals surface area contributed by atoms with E-state index in [9.17, 15) is 8.42 Å². The second-order valence-corrected chi connectivity index (χ2v) is 5.93. The van der Waals surface area contributed by atoms with Crippen LogP contribution in [0.1, 0.15) is 18.4 Å². The number of pyridine rings is 1. The molecule has 1 unspecified atom stereocenters. The van der Waals surface area contributed by atoms with Crippen LogP contribution in [0, 0.1) is 11.3 Å². The number of nitriles is 1. The van der Waals surface area contributed by atoms with Gasteiger partial charge >= 0.3 is 0 Å². The fourth-order valence-corrected chi connectivity index (χ4v) is 2.92. The normalized spacial score (nSPS) is 18.6. The summed E-state index contributed by atoms with van der Waals surface area (Å²) in [6.45, 7) is 1.29. The third-order valence-corrected chi connectivity index (χ3v) is 4.23. The van der Waals surface area contributed by atoms with Gasteiger partial charge < -0.3 is 5.32 Å². The van der Waals surface area contributed by atoms with E-state index in [0.29, 0.717) is 6.54 Å². The van der Waals surface area contributed by atoms with Crippen LogP contribution in [-0.4, -0.2) is 32.5 Å². The van der Waals surface area contributed by atoms with Crippen molar-refractivity contribution in [3.8, 4) is 6.07 Å². The zero-order valence-electron chi connectivity index (χ0n) is 10.2. The third-order valence-electron chi connectivity index (χ3n) is 2.83. The van der Waals surface area contributed by atoms with Gasteiger partial charge in [-0.1, -0.05) is 0 Å². The SMILES string of the molecule is Cl.N#Cc1cncc(S(=O)(=O)NCC2CCCN2)c1. The fraction of sp³-hybridized carbons (Fsp3) is 0.455. The minimum atomic E-state index is -3.58. The molecular formula is C11H15ClN4O2S. The molecule has 1 saturated heterocycles. The van der Waals surface area contributed by atoms with E-state index in [-0.39, 0.29) is 28.9 Å². The van der Waals surface area contributed by atoms with Gasteiger partial charge in [-0.15, -0.1) is 12.4 Å². The summed E-state index contributed by atoms with van der Waals surface area (Å²) >= 11 is 0. The molecule has 8 heteroatoms. The Balaban J connectivity index is 0.00000180. The summed E-state index contributed by atoms with van der Waals surface area (Å²) in [6, 6.07) is 3.37. The molecule has 2 heterocycles. The van der Waals surface area contributed by atoms with Crippen molar-refractivity contribution >= 4 is 22.4 Å². The molecule has 6 nitrogen and oxygen atoms in total. The van der Waals surface area contributed by atoms with Crippen molar-refractivity contribution in [1.82, 2.24) is 15.0 Å². The highest BCUT2D eigenvalue weighted by molar-refractivity contribution is 7.89. The number of aromatic nitrogens is 1. The summed E-state index contributed by atoms with van der Waals surface area (Å²) in [5.74, 6) is 0. The molecule has 1 aromatic rings. The van der Waals surface area contributed by atoms with Gasteiger partial charge in [-0.05, 0) is 25.5 Å². The predicted octanol–water partition coefficient (Wildman–Crippen LogP) is 0.405. The van der Waals surface area contributed by atoms with E-state index in [0.717, 1.165) is 19.4 Å². The molecule has 1 aliphatic rings. The van der Waals surface area contributed by atoms with Crippen LogP contribution in [0.4, 0.5) is 0 Å². The van der Waals surface area contributed by atoms with Crippen molar-refractivity contribution in [3.05, 3.63) is 24.0 Å². The number of sulfonamides is 1. The topological polar surface area (TPSA) is 94.9 Å². The lowest BCUT2D eigenvalue weighted by molar-refractivity contribution is 0.551. The van der Waals surface area contributed by atoms with E-state index in [1.54, 1.807) is 0 Å². The van der Waals surface area contributed by atoms with E-state index in [1.807, 2.05) is 6.07 Å². The molecule has 1 aromatic heterocycles. The molecule has 0 amide bonds. The molecule has 2 N–H and O–H groups in total. The van der Waals surface area contributed by atoms with E-state index in [4.69, 9.17) is 5.26 Å². The maximum atomic E-state index is 12.0. The van der Waals surface area contributed by atoms with Crippen molar-refractivity contribution in [3.63, 3.8) is 0 Å². The van der Waals surface area contributed by atoms with Crippen LogP contribution in [0.2, 0.25) is 0 Å². The zero-order chi connectivity index (χ0) is 13.0. The van der Waals surface area contributed by atoms with Gasteiger partial charge in [-0.3, -0.25) is 4.98 Å². The monoisotopic (exact) mass is 302 g/mol. The molecule has 1 atom stereocenters. The number of nitrogens with zero attached hydrogens (tertiary/aromatic N) is 2. The Hall–Kier alpha value is -1.20.